The first-order valence-electron chi connectivity index (χ1n) is 15.9. The smallest absolute Gasteiger partial charge is 0.305 e. The summed E-state index contributed by atoms with van der Waals surface area (Å²) in [5.41, 5.74) is 1.48. The minimum absolute atomic E-state index is 0.0645. The molecule has 0 radical (unpaired) electrons. The van der Waals surface area contributed by atoms with E-state index in [1.807, 2.05) is 0 Å². The molecule has 3 aromatic carbocycles. The average molecular weight is 597 g/mol. The van der Waals surface area contributed by atoms with E-state index in [4.69, 9.17) is 13.9 Å². The van der Waals surface area contributed by atoms with Crippen LogP contribution in [0.1, 0.15) is 58.4 Å². The van der Waals surface area contributed by atoms with E-state index in [2.05, 4.69) is 124 Å². The SMILES string of the molecule is COC(=O)CCCC=CC[C@@H]1[C@@H](CO[Si](c2ccccc2)(c2ccccc2)C(C)(C)C)[C@H]2C[C@]1(Cc1ccccc1)CO2. The molecule has 2 fully saturated rings. The van der Waals surface area contributed by atoms with Crippen molar-refractivity contribution in [3.8, 4) is 0 Å². The second-order valence-corrected chi connectivity index (χ2v) is 17.8. The molecule has 4 nitrogen and oxygen atoms in total. The first kappa shape index (κ1) is 31.4. The second-order valence-electron chi connectivity index (χ2n) is 13.5. The molecule has 0 spiro atoms. The number of ether oxygens (including phenoxy) is 2. The Hall–Kier alpha value is -2.99. The third kappa shape index (κ3) is 6.74. The minimum atomic E-state index is -2.65. The van der Waals surface area contributed by atoms with Gasteiger partial charge in [-0.3, -0.25) is 4.79 Å². The number of benzene rings is 3. The Balaban J connectivity index is 1.43. The van der Waals surface area contributed by atoms with Gasteiger partial charge in [0.2, 0.25) is 0 Å². The predicted octanol–water partition coefficient (Wildman–Crippen LogP) is 7.12. The van der Waals surface area contributed by atoms with E-state index in [1.165, 1.54) is 23.0 Å². The van der Waals surface area contributed by atoms with Gasteiger partial charge in [0.1, 0.15) is 0 Å². The van der Waals surface area contributed by atoms with E-state index in [9.17, 15) is 4.79 Å². The van der Waals surface area contributed by atoms with Gasteiger partial charge in [0.05, 0.1) is 19.8 Å². The van der Waals surface area contributed by atoms with Crippen molar-refractivity contribution in [1.82, 2.24) is 0 Å². The first-order chi connectivity index (χ1) is 20.8. The molecule has 4 atom stereocenters. The Labute approximate surface area is 259 Å². The van der Waals surface area contributed by atoms with Crippen molar-refractivity contribution in [3.63, 3.8) is 0 Å². The topological polar surface area (TPSA) is 44.8 Å². The highest BCUT2D eigenvalue weighted by atomic mass is 28.4. The number of carbonyl (C=O) groups excluding carboxylic acids is 1. The first-order valence-corrected chi connectivity index (χ1v) is 17.8. The molecule has 0 aromatic heterocycles. The normalized spacial score (nSPS) is 23.6. The van der Waals surface area contributed by atoms with Crippen molar-refractivity contribution in [3.05, 3.63) is 109 Å². The van der Waals surface area contributed by atoms with Crippen LogP contribution in [0.15, 0.2) is 103 Å². The summed E-state index contributed by atoms with van der Waals surface area (Å²) >= 11 is 0. The third-order valence-electron chi connectivity index (χ3n) is 9.82. The van der Waals surface area contributed by atoms with Gasteiger partial charge in [0, 0.05) is 24.4 Å². The lowest BCUT2D eigenvalue weighted by molar-refractivity contribution is -0.140. The zero-order chi connectivity index (χ0) is 30.3. The van der Waals surface area contributed by atoms with Gasteiger partial charge in [-0.2, -0.15) is 0 Å². The van der Waals surface area contributed by atoms with Crippen molar-refractivity contribution >= 4 is 24.7 Å². The van der Waals surface area contributed by atoms with Crippen LogP contribution in [0.25, 0.3) is 0 Å². The summed E-state index contributed by atoms with van der Waals surface area (Å²) in [5.74, 6) is 0.640. The molecule has 1 saturated carbocycles. The molecule has 3 aromatic rings. The largest absolute Gasteiger partial charge is 0.469 e. The van der Waals surface area contributed by atoms with E-state index < -0.39 is 8.32 Å². The molecule has 1 aliphatic carbocycles. The highest BCUT2D eigenvalue weighted by Crippen LogP contribution is 2.57. The van der Waals surface area contributed by atoms with Crippen LogP contribution in [0.3, 0.4) is 0 Å². The second kappa shape index (κ2) is 13.8. The molecule has 0 amide bonds. The van der Waals surface area contributed by atoms with Crippen molar-refractivity contribution in [2.24, 2.45) is 17.3 Å². The number of esters is 1. The summed E-state index contributed by atoms with van der Waals surface area (Å²) in [7, 11) is -1.20. The Morgan fingerprint density at radius 2 is 1.53 bits per heavy atom. The fourth-order valence-electron chi connectivity index (χ4n) is 7.75. The molecule has 1 saturated heterocycles. The van der Waals surface area contributed by atoms with Crippen LogP contribution in [-0.4, -0.2) is 40.7 Å². The molecule has 0 N–H and O–H groups in total. The van der Waals surface area contributed by atoms with Crippen LogP contribution in [0, 0.1) is 17.3 Å². The van der Waals surface area contributed by atoms with Gasteiger partial charge in [-0.15, -0.1) is 0 Å². The Bertz CT molecular complexity index is 1300. The van der Waals surface area contributed by atoms with Gasteiger partial charge >= 0.3 is 5.97 Å². The predicted molar refractivity (Wildman–Crippen MR) is 177 cm³/mol. The third-order valence-corrected chi connectivity index (χ3v) is 14.8. The molecule has 2 bridgehead atoms. The zero-order valence-electron chi connectivity index (χ0n) is 26.3. The number of carbonyl (C=O) groups is 1. The summed E-state index contributed by atoms with van der Waals surface area (Å²) < 4.78 is 18.9. The van der Waals surface area contributed by atoms with Crippen LogP contribution in [-0.2, 0) is 25.1 Å². The van der Waals surface area contributed by atoms with E-state index in [1.54, 1.807) is 0 Å². The van der Waals surface area contributed by atoms with Crippen molar-refractivity contribution in [1.29, 1.82) is 0 Å². The number of rotatable bonds is 13. The maximum atomic E-state index is 11.6. The number of methoxy groups -OCH3 is 1. The highest BCUT2D eigenvalue weighted by molar-refractivity contribution is 6.99. The fraction of sp³-hybridized carbons (Fsp3) is 0.447. The maximum Gasteiger partial charge on any atom is 0.305 e. The van der Waals surface area contributed by atoms with Crippen LogP contribution in [0.5, 0.6) is 0 Å². The molecule has 43 heavy (non-hydrogen) atoms. The monoisotopic (exact) mass is 596 g/mol. The molecule has 1 aliphatic heterocycles. The number of unbranched alkanes of at least 4 members (excludes halogenated alkanes) is 1. The zero-order valence-corrected chi connectivity index (χ0v) is 27.3. The number of hydrogen-bond acceptors (Lipinski definition) is 4. The van der Waals surface area contributed by atoms with Crippen molar-refractivity contribution < 1.29 is 18.7 Å². The van der Waals surface area contributed by atoms with Gasteiger partial charge in [0.15, 0.2) is 0 Å². The van der Waals surface area contributed by atoms with Crippen LogP contribution < -0.4 is 10.4 Å². The summed E-state index contributed by atoms with van der Waals surface area (Å²) in [5, 5.41) is 2.57. The number of hydrogen-bond donors (Lipinski definition) is 0. The Kier molecular flexibility index (Phi) is 10.1. The summed E-state index contributed by atoms with van der Waals surface area (Å²) in [6.07, 6.45) is 10.1. The van der Waals surface area contributed by atoms with E-state index in [0.29, 0.717) is 24.9 Å². The quantitative estimate of drug-likeness (QED) is 0.0913. The van der Waals surface area contributed by atoms with E-state index in [0.717, 1.165) is 38.7 Å². The molecule has 5 rings (SSSR count). The summed E-state index contributed by atoms with van der Waals surface area (Å²) in [4.78, 5) is 11.6. The van der Waals surface area contributed by atoms with Crippen LogP contribution >= 0.6 is 0 Å². The molecule has 5 heteroatoms. The summed E-state index contributed by atoms with van der Waals surface area (Å²) in [6.45, 7) is 8.55. The Morgan fingerprint density at radius 3 is 2.12 bits per heavy atom. The lowest BCUT2D eigenvalue weighted by Gasteiger charge is -2.45. The van der Waals surface area contributed by atoms with Gasteiger partial charge in [0.25, 0.3) is 8.32 Å². The maximum absolute atomic E-state index is 11.6. The lowest BCUT2D eigenvalue weighted by Crippen LogP contribution is -2.67. The molecule has 0 unspecified atom stereocenters. The molecule has 2 aliphatic rings. The highest BCUT2D eigenvalue weighted by Gasteiger charge is 2.59. The summed E-state index contributed by atoms with van der Waals surface area (Å²) in [6, 6.07) is 32.8. The molecular formula is C38H48O4Si. The average Bonchev–Trinajstić information content (AvgIpc) is 3.56. The molecule has 228 valence electrons. The van der Waals surface area contributed by atoms with E-state index in [-0.39, 0.29) is 22.5 Å². The van der Waals surface area contributed by atoms with Crippen molar-refractivity contribution in [2.75, 3.05) is 20.3 Å². The Morgan fingerprint density at radius 1 is 0.930 bits per heavy atom. The number of allylic oxidation sites excluding steroid dienone is 2. The standard InChI is InChI=1S/C38H48O4Si/c1-37(2,3)43(31-20-12-8-13-21-31,32-22-14-9-15-23-32)42-28-33-34(24-16-5-6-17-25-36(39)40-4)38(27-35(33)41-29-38)26-30-18-10-7-11-19-30/h5,7-16,18-23,33-35H,6,17,24-29H2,1-4H3/t33-,34-,35-,38-/m1/s1. The van der Waals surface area contributed by atoms with Gasteiger partial charge in [-0.1, -0.05) is 124 Å². The number of fused-ring (bicyclic) bond motifs is 2. The van der Waals surface area contributed by atoms with Crippen molar-refractivity contribution in [2.45, 2.75) is 70.4 Å². The van der Waals surface area contributed by atoms with Crippen LogP contribution in [0.2, 0.25) is 5.04 Å². The minimum Gasteiger partial charge on any atom is -0.469 e. The van der Waals surface area contributed by atoms with Gasteiger partial charge < -0.3 is 13.9 Å². The molecule has 1 heterocycles. The lowest BCUT2D eigenvalue weighted by atomic mass is 9.70. The van der Waals surface area contributed by atoms with Gasteiger partial charge in [-0.05, 0) is 59.0 Å². The fourth-order valence-corrected chi connectivity index (χ4v) is 12.4. The van der Waals surface area contributed by atoms with E-state index >= 15 is 0 Å². The molecular weight excluding hydrogens is 549 g/mol. The van der Waals surface area contributed by atoms with Gasteiger partial charge in [-0.25, -0.2) is 0 Å². The van der Waals surface area contributed by atoms with Crippen LogP contribution in [0.4, 0.5) is 0 Å².